The first kappa shape index (κ1) is 53.7. The summed E-state index contributed by atoms with van der Waals surface area (Å²) in [5.41, 5.74) is 0. The number of carboxylic acid groups (broad SMARTS) is 4. The van der Waals surface area contributed by atoms with Crippen LogP contribution in [0.4, 0.5) is 9.59 Å². The minimum Gasteiger partial charge on any atom is -1.00 e. The van der Waals surface area contributed by atoms with Crippen molar-refractivity contribution in [3.05, 3.63) is 0 Å². The molecule has 0 unspecified atom stereocenters. The summed E-state index contributed by atoms with van der Waals surface area (Å²) in [6.07, 6.45) is -3.67. The number of hydrogen-bond donors (Lipinski definition) is 4. The van der Waals surface area contributed by atoms with E-state index in [4.69, 9.17) is 30.0 Å². The summed E-state index contributed by atoms with van der Waals surface area (Å²) in [4.78, 5) is 17.1. The maximum Gasteiger partial charge on any atom is 2.00 e. The van der Waals surface area contributed by atoms with E-state index in [1.807, 2.05) is 0 Å². The zero-order valence-corrected chi connectivity index (χ0v) is 15.5. The topological polar surface area (TPSA) is 178 Å². The molecule has 0 aromatic rings. The van der Waals surface area contributed by atoms with E-state index in [2.05, 4.69) is 0 Å². The second-order valence-electron chi connectivity index (χ2n) is 0.565. The number of rotatable bonds is 0. The van der Waals surface area contributed by atoms with E-state index in [0.717, 1.165) is 0 Å². The van der Waals surface area contributed by atoms with E-state index >= 15 is 0 Å². The normalized spacial score (nSPS) is 3.43. The fourth-order valence-electron chi connectivity index (χ4n) is 0. The Bertz CT molecular complexity index is 101. The second-order valence-corrected chi connectivity index (χ2v) is 0.565. The fourth-order valence-corrected chi connectivity index (χ4v) is 0. The van der Waals surface area contributed by atoms with Crippen LogP contribution in [-0.2, 0) is 0 Å². The van der Waals surface area contributed by atoms with E-state index in [1.54, 1.807) is 0 Å². The van der Waals surface area contributed by atoms with Gasteiger partial charge in [-0.15, -0.1) is 0 Å². The van der Waals surface area contributed by atoms with Crippen molar-refractivity contribution in [1.82, 2.24) is 0 Å². The van der Waals surface area contributed by atoms with Gasteiger partial charge in [0, 0.05) is 0 Å². The van der Waals surface area contributed by atoms with Gasteiger partial charge >= 0.3 is 149 Å². The summed E-state index contributed by atoms with van der Waals surface area (Å²) in [5.74, 6) is 0. The van der Waals surface area contributed by atoms with Crippen molar-refractivity contribution >= 4 is 149 Å². The van der Waals surface area contributed by atoms with Gasteiger partial charge in [-0.1, -0.05) is 0 Å². The molecule has 0 aliphatic heterocycles. The molecule has 0 saturated carbocycles. The van der Waals surface area contributed by atoms with Gasteiger partial charge in [0.15, 0.2) is 0 Å². The molecule has 0 rings (SSSR count). The summed E-state index contributed by atoms with van der Waals surface area (Å²) < 4.78 is 0. The Morgan fingerprint density at radius 3 is 0.714 bits per heavy atom. The van der Waals surface area contributed by atoms with Crippen LogP contribution in [0.25, 0.3) is 0 Å². The van der Waals surface area contributed by atoms with Crippen molar-refractivity contribution in [2.45, 2.75) is 0 Å². The van der Waals surface area contributed by atoms with E-state index < -0.39 is 12.3 Å². The molecule has 0 heterocycles. The van der Waals surface area contributed by atoms with E-state index in [-0.39, 0.29) is 159 Å². The minimum atomic E-state index is -1.83. The molecule has 0 bridgehead atoms. The molecule has 8 nitrogen and oxygen atoms in total. The third-order valence-electron chi connectivity index (χ3n) is 0. The molecular weight excluding hydrogens is 297 g/mol. The Morgan fingerprint density at radius 2 is 0.714 bits per heavy atom. The Kier molecular flexibility index (Phi) is 171. The molecule has 80 valence electrons. The monoisotopic (exact) mass is 312 g/mol. The third kappa shape index (κ3) is 326. The van der Waals surface area contributed by atoms with Crippen LogP contribution >= 0.6 is 0 Å². The predicted octanol–water partition coefficient (Wildman–Crippen LogP) is -1.83. The molecule has 0 saturated heterocycles. The Labute approximate surface area is 197 Å². The molecule has 14 heavy (non-hydrogen) atoms. The molecule has 0 fully saturated rings. The summed E-state index contributed by atoms with van der Waals surface area (Å²) in [7, 11) is 0. The van der Waals surface area contributed by atoms with Crippen molar-refractivity contribution in [2.24, 2.45) is 0 Å². The van der Waals surface area contributed by atoms with Crippen LogP contribution in [0.5, 0.6) is 0 Å². The average molecular weight is 313 g/mol. The molecule has 12 heteroatoms. The van der Waals surface area contributed by atoms with Crippen molar-refractivity contribution in [1.29, 1.82) is 0 Å². The molecule has 0 aromatic carbocycles. The molecule has 0 aliphatic carbocycles. The van der Waals surface area contributed by atoms with Gasteiger partial charge in [-0.25, -0.2) is 9.59 Å². The first-order chi connectivity index (χ1) is 3.46. The Balaban J connectivity index is -0.00000000143. The zero-order valence-electron chi connectivity index (χ0n) is 15.4. The first-order valence-corrected chi connectivity index (χ1v) is 1.30. The van der Waals surface area contributed by atoms with Crippen molar-refractivity contribution < 1.29 is 52.4 Å². The summed E-state index contributed by atoms with van der Waals surface area (Å²) in [5, 5.41) is 27.9. The van der Waals surface area contributed by atoms with Crippen LogP contribution in [0.3, 0.4) is 0 Å². The molecule has 0 aliphatic rings. The zero-order chi connectivity index (χ0) is 7.15. The van der Waals surface area contributed by atoms with Crippen LogP contribution in [0.2, 0.25) is 0 Å². The second kappa shape index (κ2) is 44.4. The molecule has 8 N–H and O–H groups in total. The van der Waals surface area contributed by atoms with Gasteiger partial charge in [0.05, 0.1) is 0 Å². The van der Waals surface area contributed by atoms with E-state index in [0.29, 0.717) is 0 Å². The third-order valence-corrected chi connectivity index (χ3v) is 0. The van der Waals surface area contributed by atoms with Gasteiger partial charge in [-0.3, -0.25) is 0 Å². The number of carbonyl (C=O) groups is 2. The van der Waals surface area contributed by atoms with Gasteiger partial charge < -0.3 is 42.8 Å². The maximum absolute atomic E-state index is 8.56. The van der Waals surface area contributed by atoms with Crippen LogP contribution < -0.4 is 0 Å². The quantitative estimate of drug-likeness (QED) is 0.382. The van der Waals surface area contributed by atoms with E-state index in [9.17, 15) is 0 Å². The summed E-state index contributed by atoms with van der Waals surface area (Å²) >= 11 is 0. The molecule has 0 atom stereocenters. The molecular formula is C2H16Ca3MgO8. The van der Waals surface area contributed by atoms with Gasteiger partial charge in [-0.05, 0) is 0 Å². The molecule has 0 amide bonds. The van der Waals surface area contributed by atoms with Crippen LogP contribution in [-0.4, -0.2) is 180 Å². The molecule has 0 radical (unpaired) electrons. The van der Waals surface area contributed by atoms with Crippen LogP contribution in [0, 0.1) is 0 Å². The smallest absolute Gasteiger partial charge is 1.00 e. The number of hydrogen-bond acceptors (Lipinski definition) is 2. The maximum atomic E-state index is 8.56. The van der Waals surface area contributed by atoms with Gasteiger partial charge in [0.1, 0.15) is 0 Å². The Hall–Kier alpha value is 3.01. The van der Waals surface area contributed by atoms with Gasteiger partial charge in [-0.2, -0.15) is 0 Å². The summed E-state index contributed by atoms with van der Waals surface area (Å²) in [6.45, 7) is 0. The minimum absolute atomic E-state index is 0. The first-order valence-electron chi connectivity index (χ1n) is 1.30. The molecule has 0 spiro atoms. The SMILES string of the molecule is O.O.O=C(O)O.O=C(O)O.[Ca+2].[Ca+2].[Ca+2].[H-].[H-].[H-].[H-].[H-].[H-].[H-].[H-].[Mg+2]. The van der Waals surface area contributed by atoms with E-state index in [1.165, 1.54) is 0 Å². The van der Waals surface area contributed by atoms with Gasteiger partial charge in [0.25, 0.3) is 0 Å². The van der Waals surface area contributed by atoms with Crippen LogP contribution in [0.1, 0.15) is 11.4 Å². The van der Waals surface area contributed by atoms with Crippen molar-refractivity contribution in [3.8, 4) is 0 Å². The standard InChI is InChI=1S/2CH2O3.3Ca.Mg.2H2O.8H/c2*2-1(3)4;;;;;;;;;;;;;;/h2*(H2,2,3,4);;;;;2*1H2;;;;;;;;/q;;4*+2;;;8*-1. The largest absolute Gasteiger partial charge is 2.00 e. The molecule has 0 aromatic heterocycles. The predicted molar refractivity (Wildman–Crippen MR) is 60.4 cm³/mol. The van der Waals surface area contributed by atoms with Crippen LogP contribution in [0.15, 0.2) is 0 Å². The van der Waals surface area contributed by atoms with Gasteiger partial charge in [0.2, 0.25) is 0 Å². The Morgan fingerprint density at radius 1 is 0.714 bits per heavy atom. The average Bonchev–Trinajstić information content (AvgIpc) is 1.25. The summed E-state index contributed by atoms with van der Waals surface area (Å²) in [6, 6.07) is 0. The fraction of sp³-hybridized carbons (Fsp3) is 0. The van der Waals surface area contributed by atoms with Crippen molar-refractivity contribution in [2.75, 3.05) is 0 Å². The van der Waals surface area contributed by atoms with Crippen molar-refractivity contribution in [3.63, 3.8) is 0 Å².